The summed E-state index contributed by atoms with van der Waals surface area (Å²) in [6.45, 7) is 1.98. The number of piperidine rings is 1. The summed E-state index contributed by atoms with van der Waals surface area (Å²) in [6, 6.07) is 5.38. The van der Waals surface area contributed by atoms with E-state index in [1.165, 1.54) is 0 Å². The zero-order chi connectivity index (χ0) is 17.1. The molecular weight excluding hydrogens is 308 g/mol. The highest BCUT2D eigenvalue weighted by atomic mass is 16.2. The Morgan fingerprint density at radius 1 is 1.42 bits per heavy atom. The van der Waals surface area contributed by atoms with Gasteiger partial charge in [0, 0.05) is 38.8 Å². The maximum absolute atomic E-state index is 12.8. The van der Waals surface area contributed by atoms with Crippen LogP contribution in [0.4, 0.5) is 0 Å². The number of nitrogens with one attached hydrogen (secondary N) is 1. The van der Waals surface area contributed by atoms with Crippen molar-refractivity contribution in [3.8, 4) is 0 Å². The van der Waals surface area contributed by atoms with E-state index in [0.717, 1.165) is 18.4 Å². The predicted octanol–water partition coefficient (Wildman–Crippen LogP) is -0.105. The van der Waals surface area contributed by atoms with Gasteiger partial charge in [-0.05, 0) is 31.0 Å². The molecule has 1 unspecified atom stereocenters. The average Bonchev–Trinajstić information content (AvgIpc) is 2.99. The Kier molecular flexibility index (Phi) is 4.75. The molecule has 2 aromatic rings. The van der Waals surface area contributed by atoms with Crippen LogP contribution >= 0.6 is 0 Å². The minimum Gasteiger partial charge on any atom is -0.355 e. The second-order valence-corrected chi connectivity index (χ2v) is 6.09. The summed E-state index contributed by atoms with van der Waals surface area (Å²) in [6.07, 6.45) is 1.61. The second-order valence-electron chi connectivity index (χ2n) is 6.09. The van der Waals surface area contributed by atoms with Crippen molar-refractivity contribution in [2.24, 2.45) is 18.7 Å². The minimum absolute atomic E-state index is 0.0256. The van der Waals surface area contributed by atoms with Gasteiger partial charge in [0.1, 0.15) is 5.52 Å². The third-order valence-corrected chi connectivity index (χ3v) is 4.38. The summed E-state index contributed by atoms with van der Waals surface area (Å²) in [5.74, 6) is -0.268. The normalized spacial score (nSPS) is 17.9. The van der Waals surface area contributed by atoms with Crippen LogP contribution in [0.3, 0.4) is 0 Å². The fourth-order valence-electron chi connectivity index (χ4n) is 3.07. The van der Waals surface area contributed by atoms with E-state index >= 15 is 0 Å². The number of aromatic nitrogens is 3. The Bertz CT molecular complexity index is 756. The third-order valence-electron chi connectivity index (χ3n) is 4.38. The Balaban J connectivity index is 1.72. The van der Waals surface area contributed by atoms with E-state index in [0.29, 0.717) is 37.3 Å². The van der Waals surface area contributed by atoms with E-state index in [2.05, 4.69) is 15.6 Å². The summed E-state index contributed by atoms with van der Waals surface area (Å²) < 4.78 is 1.67. The number of carbonyl (C=O) groups is 2. The van der Waals surface area contributed by atoms with Crippen LogP contribution in [-0.2, 0) is 11.8 Å². The van der Waals surface area contributed by atoms with Crippen molar-refractivity contribution in [1.29, 1.82) is 0 Å². The minimum atomic E-state index is -0.172. The molecule has 1 aliphatic rings. The van der Waals surface area contributed by atoms with Crippen molar-refractivity contribution in [2.45, 2.75) is 12.8 Å². The zero-order valence-corrected chi connectivity index (χ0v) is 13.7. The van der Waals surface area contributed by atoms with Crippen LogP contribution in [0.5, 0.6) is 0 Å². The fourth-order valence-corrected chi connectivity index (χ4v) is 3.07. The van der Waals surface area contributed by atoms with E-state index in [9.17, 15) is 9.59 Å². The van der Waals surface area contributed by atoms with Gasteiger partial charge in [0.25, 0.3) is 5.91 Å². The number of hydrogen-bond acceptors (Lipinski definition) is 5. The van der Waals surface area contributed by atoms with Gasteiger partial charge < -0.3 is 16.0 Å². The van der Waals surface area contributed by atoms with Crippen LogP contribution in [0.25, 0.3) is 11.0 Å². The van der Waals surface area contributed by atoms with Crippen LogP contribution in [0.2, 0.25) is 0 Å². The molecule has 1 aromatic carbocycles. The monoisotopic (exact) mass is 330 g/mol. The standard InChI is InChI=1S/C16H22N6O2/c1-21-14-5-4-11(9-13(14)19-20-21)16(24)22-8-2-3-12(10-22)15(23)18-7-6-17/h4-5,9,12H,2-3,6-8,10,17H2,1H3,(H,18,23). The smallest absolute Gasteiger partial charge is 0.253 e. The highest BCUT2D eigenvalue weighted by Crippen LogP contribution is 2.20. The Morgan fingerprint density at radius 3 is 3.04 bits per heavy atom. The number of nitrogens with two attached hydrogens (primary N) is 1. The maximum Gasteiger partial charge on any atom is 0.253 e. The quantitative estimate of drug-likeness (QED) is 0.814. The molecule has 3 rings (SSSR count). The second kappa shape index (κ2) is 6.96. The van der Waals surface area contributed by atoms with E-state index in [-0.39, 0.29) is 17.7 Å². The van der Waals surface area contributed by atoms with E-state index in [1.54, 1.807) is 21.7 Å². The number of hydrogen-bond donors (Lipinski definition) is 2. The molecule has 1 fully saturated rings. The number of likely N-dealkylation sites (tertiary alicyclic amines) is 1. The van der Waals surface area contributed by atoms with E-state index < -0.39 is 0 Å². The van der Waals surface area contributed by atoms with Crippen LogP contribution < -0.4 is 11.1 Å². The van der Waals surface area contributed by atoms with E-state index in [4.69, 9.17) is 5.73 Å². The lowest BCUT2D eigenvalue weighted by Gasteiger charge is -2.32. The number of carbonyl (C=O) groups excluding carboxylic acids is 2. The van der Waals surface area contributed by atoms with Gasteiger partial charge in [-0.15, -0.1) is 5.10 Å². The molecule has 1 saturated heterocycles. The molecule has 24 heavy (non-hydrogen) atoms. The summed E-state index contributed by atoms with van der Waals surface area (Å²) in [4.78, 5) is 26.6. The number of amides is 2. The predicted molar refractivity (Wildman–Crippen MR) is 89.2 cm³/mol. The number of fused-ring (bicyclic) bond motifs is 1. The van der Waals surface area contributed by atoms with Gasteiger partial charge in [-0.3, -0.25) is 9.59 Å². The summed E-state index contributed by atoms with van der Waals surface area (Å²) in [7, 11) is 1.81. The van der Waals surface area contributed by atoms with Crippen molar-refractivity contribution < 1.29 is 9.59 Å². The fraction of sp³-hybridized carbons (Fsp3) is 0.500. The molecule has 1 aliphatic heterocycles. The molecule has 8 nitrogen and oxygen atoms in total. The molecule has 1 atom stereocenters. The van der Waals surface area contributed by atoms with Crippen LogP contribution in [0.1, 0.15) is 23.2 Å². The number of rotatable bonds is 4. The average molecular weight is 330 g/mol. The Hall–Kier alpha value is -2.48. The van der Waals surface area contributed by atoms with E-state index in [1.807, 2.05) is 13.1 Å². The van der Waals surface area contributed by atoms with Crippen LogP contribution in [-0.4, -0.2) is 57.9 Å². The lowest BCUT2D eigenvalue weighted by atomic mass is 9.96. The van der Waals surface area contributed by atoms with Gasteiger partial charge >= 0.3 is 0 Å². The van der Waals surface area contributed by atoms with Crippen LogP contribution in [0, 0.1) is 5.92 Å². The first kappa shape index (κ1) is 16.4. The molecular formula is C16H22N6O2. The molecule has 3 N–H and O–H groups in total. The van der Waals surface area contributed by atoms with Gasteiger partial charge in [0.2, 0.25) is 5.91 Å². The van der Waals surface area contributed by atoms with Crippen molar-refractivity contribution in [3.05, 3.63) is 23.8 Å². The topological polar surface area (TPSA) is 106 Å². The molecule has 0 spiro atoms. The first-order valence-electron chi connectivity index (χ1n) is 8.16. The summed E-state index contributed by atoms with van der Waals surface area (Å²) in [5, 5.41) is 10.8. The number of nitrogens with zero attached hydrogens (tertiary/aromatic N) is 4. The highest BCUT2D eigenvalue weighted by molar-refractivity contribution is 5.97. The first-order valence-corrected chi connectivity index (χ1v) is 8.16. The van der Waals surface area contributed by atoms with Crippen molar-refractivity contribution >= 4 is 22.8 Å². The maximum atomic E-state index is 12.8. The van der Waals surface area contributed by atoms with Crippen molar-refractivity contribution in [2.75, 3.05) is 26.2 Å². The Morgan fingerprint density at radius 2 is 2.25 bits per heavy atom. The molecule has 0 bridgehead atoms. The van der Waals surface area contributed by atoms with Crippen molar-refractivity contribution in [3.63, 3.8) is 0 Å². The molecule has 128 valence electrons. The lowest BCUT2D eigenvalue weighted by Crippen LogP contribution is -2.46. The molecule has 0 saturated carbocycles. The highest BCUT2D eigenvalue weighted by Gasteiger charge is 2.28. The van der Waals surface area contributed by atoms with Gasteiger partial charge in [-0.25, -0.2) is 4.68 Å². The van der Waals surface area contributed by atoms with Crippen LogP contribution in [0.15, 0.2) is 18.2 Å². The lowest BCUT2D eigenvalue weighted by molar-refractivity contribution is -0.126. The van der Waals surface area contributed by atoms with Gasteiger partial charge in [-0.1, -0.05) is 5.21 Å². The number of aryl methyl sites for hydroxylation is 1. The SMILES string of the molecule is Cn1nnc2cc(C(=O)N3CCCC(C(=O)NCCN)C3)ccc21. The Labute approximate surface area is 140 Å². The third kappa shape index (κ3) is 3.23. The van der Waals surface area contributed by atoms with Gasteiger partial charge in [0.15, 0.2) is 0 Å². The summed E-state index contributed by atoms with van der Waals surface area (Å²) in [5.41, 5.74) is 7.56. The first-order chi connectivity index (χ1) is 11.6. The summed E-state index contributed by atoms with van der Waals surface area (Å²) >= 11 is 0. The number of benzene rings is 1. The zero-order valence-electron chi connectivity index (χ0n) is 13.7. The molecule has 2 heterocycles. The largest absolute Gasteiger partial charge is 0.355 e. The van der Waals surface area contributed by atoms with Crippen molar-refractivity contribution in [1.82, 2.24) is 25.2 Å². The molecule has 0 radical (unpaired) electrons. The molecule has 0 aliphatic carbocycles. The van der Waals surface area contributed by atoms with Gasteiger partial charge in [-0.2, -0.15) is 0 Å². The van der Waals surface area contributed by atoms with Gasteiger partial charge in [0.05, 0.1) is 11.4 Å². The molecule has 1 aromatic heterocycles. The molecule has 8 heteroatoms. The molecule has 2 amide bonds.